The van der Waals surface area contributed by atoms with Crippen molar-refractivity contribution in [3.63, 3.8) is 0 Å². The standard InChI is InChI=1S/C20H27N3O2/c1-2-3-4-5-6-7-12-17(19(21)24)23-20(25)18-14-13-15-10-8-9-11-16(15)22-18/h8-11,13-14,17H,2-7,12H2,1H3,(H2,21,24)(H,23,25)/t17-/m0/s1. The van der Waals surface area contributed by atoms with Crippen molar-refractivity contribution in [3.8, 4) is 0 Å². The van der Waals surface area contributed by atoms with Gasteiger partial charge < -0.3 is 11.1 Å². The second-order valence-electron chi connectivity index (χ2n) is 6.37. The van der Waals surface area contributed by atoms with Crippen molar-refractivity contribution < 1.29 is 9.59 Å². The monoisotopic (exact) mass is 341 g/mol. The highest BCUT2D eigenvalue weighted by atomic mass is 16.2. The largest absolute Gasteiger partial charge is 0.368 e. The molecule has 0 aliphatic carbocycles. The molecule has 0 saturated carbocycles. The Balaban J connectivity index is 1.91. The molecule has 1 aromatic carbocycles. The van der Waals surface area contributed by atoms with Gasteiger partial charge in [-0.05, 0) is 18.6 Å². The fourth-order valence-electron chi connectivity index (χ4n) is 2.84. The number of pyridine rings is 1. The molecule has 5 heteroatoms. The normalized spacial score (nSPS) is 12.0. The molecule has 2 rings (SSSR count). The van der Waals surface area contributed by atoms with Crippen LogP contribution in [0.25, 0.3) is 10.9 Å². The predicted molar refractivity (Wildman–Crippen MR) is 100 cm³/mol. The van der Waals surface area contributed by atoms with Crippen LogP contribution in [-0.2, 0) is 4.79 Å². The Morgan fingerprint density at radius 1 is 1.04 bits per heavy atom. The van der Waals surface area contributed by atoms with Crippen LogP contribution >= 0.6 is 0 Å². The van der Waals surface area contributed by atoms with Crippen LogP contribution in [0.5, 0.6) is 0 Å². The van der Waals surface area contributed by atoms with E-state index in [2.05, 4.69) is 17.2 Å². The van der Waals surface area contributed by atoms with Gasteiger partial charge in [0, 0.05) is 5.39 Å². The predicted octanol–water partition coefficient (Wildman–Crippen LogP) is 3.57. The summed E-state index contributed by atoms with van der Waals surface area (Å²) in [5.41, 5.74) is 6.49. The SMILES string of the molecule is CCCCCCCC[C@H](NC(=O)c1ccc2ccccc2n1)C(N)=O. The number of primary amides is 1. The molecule has 0 unspecified atom stereocenters. The van der Waals surface area contributed by atoms with E-state index in [4.69, 9.17) is 5.73 Å². The first kappa shape index (κ1) is 18.9. The molecule has 0 fully saturated rings. The minimum atomic E-state index is -0.646. The molecule has 1 aromatic heterocycles. The zero-order valence-electron chi connectivity index (χ0n) is 14.8. The number of para-hydroxylation sites is 1. The fraction of sp³-hybridized carbons (Fsp3) is 0.450. The maximum absolute atomic E-state index is 12.4. The van der Waals surface area contributed by atoms with Crippen molar-refractivity contribution in [2.45, 2.75) is 57.9 Å². The van der Waals surface area contributed by atoms with Crippen LogP contribution in [0.4, 0.5) is 0 Å². The lowest BCUT2D eigenvalue weighted by molar-refractivity contribution is -0.120. The number of carbonyl (C=O) groups excluding carboxylic acids is 2. The topological polar surface area (TPSA) is 85.1 Å². The lowest BCUT2D eigenvalue weighted by Crippen LogP contribution is -2.44. The van der Waals surface area contributed by atoms with Gasteiger partial charge in [-0.1, -0.05) is 69.7 Å². The highest BCUT2D eigenvalue weighted by Gasteiger charge is 2.19. The summed E-state index contributed by atoms with van der Waals surface area (Å²) in [4.78, 5) is 28.4. The van der Waals surface area contributed by atoms with Crippen LogP contribution in [0.3, 0.4) is 0 Å². The van der Waals surface area contributed by atoms with Crippen LogP contribution in [0, 0.1) is 0 Å². The molecule has 3 N–H and O–H groups in total. The highest BCUT2D eigenvalue weighted by Crippen LogP contribution is 2.13. The van der Waals surface area contributed by atoms with Crippen LogP contribution in [0.2, 0.25) is 0 Å². The zero-order valence-corrected chi connectivity index (χ0v) is 14.8. The van der Waals surface area contributed by atoms with Crippen molar-refractivity contribution in [3.05, 3.63) is 42.1 Å². The number of rotatable bonds is 10. The molecule has 2 amide bonds. The van der Waals surface area contributed by atoms with E-state index in [9.17, 15) is 9.59 Å². The van der Waals surface area contributed by atoms with Crippen molar-refractivity contribution in [2.24, 2.45) is 5.73 Å². The molecule has 0 saturated heterocycles. The summed E-state index contributed by atoms with van der Waals surface area (Å²) >= 11 is 0. The van der Waals surface area contributed by atoms with E-state index in [0.29, 0.717) is 12.1 Å². The van der Waals surface area contributed by atoms with Crippen molar-refractivity contribution in [1.29, 1.82) is 0 Å². The molecule has 2 aromatic rings. The van der Waals surface area contributed by atoms with Gasteiger partial charge in [0.1, 0.15) is 11.7 Å². The van der Waals surface area contributed by atoms with E-state index in [1.807, 2.05) is 30.3 Å². The molecule has 25 heavy (non-hydrogen) atoms. The smallest absolute Gasteiger partial charge is 0.270 e. The Kier molecular flexibility index (Phi) is 7.38. The van der Waals surface area contributed by atoms with E-state index in [1.165, 1.54) is 19.3 Å². The average Bonchev–Trinajstić information content (AvgIpc) is 2.62. The minimum Gasteiger partial charge on any atom is -0.368 e. The highest BCUT2D eigenvalue weighted by molar-refractivity contribution is 5.97. The quantitative estimate of drug-likeness (QED) is 0.648. The summed E-state index contributed by atoms with van der Waals surface area (Å²) in [6, 6.07) is 10.5. The van der Waals surface area contributed by atoms with Gasteiger partial charge in [-0.2, -0.15) is 0 Å². The first-order valence-corrected chi connectivity index (χ1v) is 9.07. The minimum absolute atomic E-state index is 0.299. The number of carbonyl (C=O) groups is 2. The molecular weight excluding hydrogens is 314 g/mol. The number of aromatic nitrogens is 1. The molecule has 1 heterocycles. The number of nitrogens with zero attached hydrogens (tertiary/aromatic N) is 1. The lowest BCUT2D eigenvalue weighted by Gasteiger charge is -2.15. The maximum atomic E-state index is 12.4. The van der Waals surface area contributed by atoms with Crippen LogP contribution in [-0.4, -0.2) is 22.8 Å². The Labute approximate surface area is 149 Å². The number of nitrogens with one attached hydrogen (secondary N) is 1. The molecule has 0 aliphatic heterocycles. The van der Waals surface area contributed by atoms with E-state index in [1.54, 1.807) is 6.07 Å². The number of nitrogens with two attached hydrogens (primary N) is 1. The molecule has 0 aliphatic rings. The number of hydrogen-bond donors (Lipinski definition) is 2. The zero-order chi connectivity index (χ0) is 18.1. The Morgan fingerprint density at radius 2 is 1.76 bits per heavy atom. The Hall–Kier alpha value is -2.43. The van der Waals surface area contributed by atoms with Gasteiger partial charge in [-0.25, -0.2) is 4.98 Å². The molecule has 0 bridgehead atoms. The number of amides is 2. The summed E-state index contributed by atoms with van der Waals surface area (Å²) in [7, 11) is 0. The Morgan fingerprint density at radius 3 is 2.52 bits per heavy atom. The van der Waals surface area contributed by atoms with Crippen molar-refractivity contribution in [1.82, 2.24) is 10.3 Å². The second-order valence-corrected chi connectivity index (χ2v) is 6.37. The molecular formula is C20H27N3O2. The van der Waals surface area contributed by atoms with Crippen molar-refractivity contribution >= 4 is 22.7 Å². The molecule has 0 radical (unpaired) electrons. The molecule has 5 nitrogen and oxygen atoms in total. The average molecular weight is 341 g/mol. The van der Waals surface area contributed by atoms with Crippen LogP contribution in [0.1, 0.15) is 62.4 Å². The van der Waals surface area contributed by atoms with Gasteiger partial charge in [-0.3, -0.25) is 9.59 Å². The number of hydrogen-bond acceptors (Lipinski definition) is 3. The third kappa shape index (κ3) is 5.85. The van der Waals surface area contributed by atoms with Gasteiger partial charge >= 0.3 is 0 Å². The first-order chi connectivity index (χ1) is 12.1. The van der Waals surface area contributed by atoms with E-state index < -0.39 is 11.9 Å². The third-order valence-electron chi connectivity index (χ3n) is 4.33. The summed E-state index contributed by atoms with van der Waals surface area (Å²) in [6.07, 6.45) is 7.31. The second kappa shape index (κ2) is 9.77. The van der Waals surface area contributed by atoms with Gasteiger partial charge in [0.2, 0.25) is 5.91 Å². The van der Waals surface area contributed by atoms with E-state index >= 15 is 0 Å². The van der Waals surface area contributed by atoms with Crippen LogP contribution < -0.4 is 11.1 Å². The fourth-order valence-corrected chi connectivity index (χ4v) is 2.84. The Bertz CT molecular complexity index is 715. The number of benzene rings is 1. The third-order valence-corrected chi connectivity index (χ3v) is 4.33. The molecule has 134 valence electrons. The van der Waals surface area contributed by atoms with Gasteiger partial charge in [-0.15, -0.1) is 0 Å². The first-order valence-electron chi connectivity index (χ1n) is 9.07. The maximum Gasteiger partial charge on any atom is 0.270 e. The number of fused-ring (bicyclic) bond motifs is 1. The van der Waals surface area contributed by atoms with Crippen LogP contribution in [0.15, 0.2) is 36.4 Å². The summed E-state index contributed by atoms with van der Waals surface area (Å²) in [6.45, 7) is 2.18. The van der Waals surface area contributed by atoms with Gasteiger partial charge in [0.25, 0.3) is 5.91 Å². The molecule has 0 spiro atoms. The van der Waals surface area contributed by atoms with E-state index in [-0.39, 0.29) is 5.91 Å². The number of unbranched alkanes of at least 4 members (excludes halogenated alkanes) is 5. The summed E-state index contributed by atoms with van der Waals surface area (Å²) in [5, 5.41) is 3.69. The van der Waals surface area contributed by atoms with Crippen molar-refractivity contribution in [2.75, 3.05) is 0 Å². The van der Waals surface area contributed by atoms with E-state index in [0.717, 1.165) is 30.2 Å². The van der Waals surface area contributed by atoms with Gasteiger partial charge in [0.15, 0.2) is 0 Å². The summed E-state index contributed by atoms with van der Waals surface area (Å²) in [5.74, 6) is -0.858. The lowest BCUT2D eigenvalue weighted by atomic mass is 10.0. The summed E-state index contributed by atoms with van der Waals surface area (Å²) < 4.78 is 0. The van der Waals surface area contributed by atoms with Gasteiger partial charge in [0.05, 0.1) is 5.52 Å². The molecule has 1 atom stereocenters.